The molecule has 0 fully saturated rings. The minimum Gasteiger partial charge on any atom is -0.489 e. The molecule has 0 spiro atoms. The number of ether oxygens (including phenoxy) is 2. The summed E-state index contributed by atoms with van der Waals surface area (Å²) in [5.74, 6) is 1.73. The summed E-state index contributed by atoms with van der Waals surface area (Å²) in [5.41, 5.74) is 2.47. The molecule has 1 heterocycles. The van der Waals surface area contributed by atoms with Crippen molar-refractivity contribution in [1.29, 1.82) is 0 Å². The van der Waals surface area contributed by atoms with Crippen molar-refractivity contribution in [2.75, 3.05) is 19.8 Å². The Labute approximate surface area is 119 Å². The molecule has 1 aromatic rings. The van der Waals surface area contributed by atoms with Gasteiger partial charge in [-0.3, -0.25) is 0 Å². The lowest BCUT2D eigenvalue weighted by Gasteiger charge is -2.29. The molecule has 0 saturated heterocycles. The van der Waals surface area contributed by atoms with E-state index in [2.05, 4.69) is 12.2 Å². The van der Waals surface area contributed by atoms with Gasteiger partial charge in [-0.25, -0.2) is 0 Å². The Bertz CT molecular complexity index is 476. The number of fused-ring (bicyclic) bond motifs is 3. The van der Waals surface area contributed by atoms with E-state index in [0.717, 1.165) is 48.9 Å². The van der Waals surface area contributed by atoms with Gasteiger partial charge in [-0.05, 0) is 31.4 Å². The summed E-state index contributed by atoms with van der Waals surface area (Å²) in [6.45, 7) is 4.51. The van der Waals surface area contributed by atoms with E-state index < -0.39 is 0 Å². The van der Waals surface area contributed by atoms with Crippen molar-refractivity contribution in [3.05, 3.63) is 22.2 Å². The third kappa shape index (κ3) is 2.41. The van der Waals surface area contributed by atoms with Gasteiger partial charge in [-0.2, -0.15) is 0 Å². The van der Waals surface area contributed by atoms with Crippen LogP contribution in [-0.2, 0) is 6.42 Å². The fourth-order valence-electron chi connectivity index (χ4n) is 3.04. The third-order valence-corrected chi connectivity index (χ3v) is 4.19. The standard InChI is InChI=1S/C15H20ClNO2/c1-2-17-12-6-3-5-10-11(16)9-13-15(14(10)12)19-8-4-7-18-13/h9,12,17H,2-8H2,1H3. The average Bonchev–Trinajstić information content (AvgIpc) is 2.65. The highest BCUT2D eigenvalue weighted by atomic mass is 35.5. The van der Waals surface area contributed by atoms with Crippen LogP contribution in [-0.4, -0.2) is 19.8 Å². The minimum absolute atomic E-state index is 0.336. The van der Waals surface area contributed by atoms with Crippen LogP contribution >= 0.6 is 11.6 Å². The summed E-state index contributed by atoms with van der Waals surface area (Å²) in [6.07, 6.45) is 4.26. The second-order valence-corrected chi connectivity index (χ2v) is 5.54. The van der Waals surface area contributed by atoms with E-state index in [1.165, 1.54) is 17.5 Å². The van der Waals surface area contributed by atoms with Crippen LogP contribution in [0.4, 0.5) is 0 Å². The van der Waals surface area contributed by atoms with Gasteiger partial charge in [0.15, 0.2) is 11.5 Å². The number of halogens is 1. The molecule has 0 bridgehead atoms. The van der Waals surface area contributed by atoms with E-state index in [0.29, 0.717) is 12.6 Å². The Morgan fingerprint density at radius 2 is 2.16 bits per heavy atom. The highest BCUT2D eigenvalue weighted by Gasteiger charge is 2.29. The van der Waals surface area contributed by atoms with Crippen LogP contribution in [0, 0.1) is 0 Å². The Morgan fingerprint density at radius 1 is 1.32 bits per heavy atom. The summed E-state index contributed by atoms with van der Waals surface area (Å²) in [7, 11) is 0. The SMILES string of the molecule is CCNC1CCCc2c(Cl)cc3c(c21)OCCCO3. The van der Waals surface area contributed by atoms with Crippen LogP contribution in [0.1, 0.15) is 43.4 Å². The molecule has 19 heavy (non-hydrogen) atoms. The van der Waals surface area contributed by atoms with Crippen molar-refractivity contribution >= 4 is 11.6 Å². The predicted octanol–water partition coefficient (Wildman–Crippen LogP) is 3.49. The molecular weight excluding hydrogens is 262 g/mol. The third-order valence-electron chi connectivity index (χ3n) is 3.85. The first kappa shape index (κ1) is 13.1. The second-order valence-electron chi connectivity index (χ2n) is 5.13. The molecule has 1 aromatic carbocycles. The van der Waals surface area contributed by atoms with Crippen molar-refractivity contribution in [1.82, 2.24) is 5.32 Å². The second kappa shape index (κ2) is 5.59. The van der Waals surface area contributed by atoms with Gasteiger partial charge in [0.25, 0.3) is 0 Å². The molecule has 1 atom stereocenters. The lowest BCUT2D eigenvalue weighted by atomic mass is 9.86. The van der Waals surface area contributed by atoms with Gasteiger partial charge in [0.05, 0.1) is 13.2 Å². The molecule has 3 rings (SSSR count). The number of hydrogen-bond donors (Lipinski definition) is 1. The molecule has 1 aliphatic carbocycles. The molecule has 3 nitrogen and oxygen atoms in total. The Balaban J connectivity index is 2.11. The molecular formula is C15H20ClNO2. The molecule has 2 aliphatic rings. The fraction of sp³-hybridized carbons (Fsp3) is 0.600. The van der Waals surface area contributed by atoms with Crippen molar-refractivity contribution < 1.29 is 9.47 Å². The summed E-state index contributed by atoms with van der Waals surface area (Å²) in [5, 5.41) is 4.37. The number of benzene rings is 1. The van der Waals surface area contributed by atoms with Crippen molar-refractivity contribution in [3.63, 3.8) is 0 Å². The van der Waals surface area contributed by atoms with Crippen LogP contribution in [0.5, 0.6) is 11.5 Å². The van der Waals surface area contributed by atoms with Crippen LogP contribution in [0.3, 0.4) is 0 Å². The number of hydrogen-bond acceptors (Lipinski definition) is 3. The van der Waals surface area contributed by atoms with Gasteiger partial charge in [0.2, 0.25) is 0 Å². The average molecular weight is 282 g/mol. The van der Waals surface area contributed by atoms with Crippen LogP contribution in [0.2, 0.25) is 5.02 Å². The van der Waals surface area contributed by atoms with Crippen molar-refractivity contribution in [3.8, 4) is 11.5 Å². The smallest absolute Gasteiger partial charge is 0.166 e. The van der Waals surface area contributed by atoms with Crippen molar-refractivity contribution in [2.24, 2.45) is 0 Å². The van der Waals surface area contributed by atoms with E-state index >= 15 is 0 Å². The van der Waals surface area contributed by atoms with Gasteiger partial charge in [0.1, 0.15) is 0 Å². The van der Waals surface area contributed by atoms with Gasteiger partial charge in [-0.15, -0.1) is 0 Å². The normalized spacial score (nSPS) is 21.7. The molecule has 0 radical (unpaired) electrons. The fourth-order valence-corrected chi connectivity index (χ4v) is 3.33. The highest BCUT2D eigenvalue weighted by Crippen LogP contribution is 2.46. The first-order valence-corrected chi connectivity index (χ1v) is 7.53. The minimum atomic E-state index is 0.336. The summed E-state index contributed by atoms with van der Waals surface area (Å²) < 4.78 is 11.7. The molecule has 1 unspecified atom stereocenters. The first-order valence-electron chi connectivity index (χ1n) is 7.15. The molecule has 104 valence electrons. The summed E-state index contributed by atoms with van der Waals surface area (Å²) in [6, 6.07) is 2.26. The first-order chi connectivity index (χ1) is 9.31. The quantitative estimate of drug-likeness (QED) is 0.900. The largest absolute Gasteiger partial charge is 0.489 e. The maximum absolute atomic E-state index is 6.43. The molecule has 0 aromatic heterocycles. The Hall–Kier alpha value is -0.930. The molecule has 1 aliphatic heterocycles. The van der Waals surface area contributed by atoms with Crippen LogP contribution < -0.4 is 14.8 Å². The zero-order valence-electron chi connectivity index (χ0n) is 11.3. The highest BCUT2D eigenvalue weighted by molar-refractivity contribution is 6.31. The molecule has 0 saturated carbocycles. The molecule has 0 amide bonds. The van der Waals surface area contributed by atoms with E-state index in [4.69, 9.17) is 21.1 Å². The zero-order valence-corrected chi connectivity index (χ0v) is 12.1. The van der Waals surface area contributed by atoms with Gasteiger partial charge in [0, 0.05) is 29.1 Å². The zero-order chi connectivity index (χ0) is 13.2. The van der Waals surface area contributed by atoms with Gasteiger partial charge in [-0.1, -0.05) is 18.5 Å². The van der Waals surface area contributed by atoms with E-state index in [1.807, 2.05) is 6.07 Å². The predicted molar refractivity (Wildman–Crippen MR) is 76.4 cm³/mol. The van der Waals surface area contributed by atoms with E-state index in [1.54, 1.807) is 0 Å². The van der Waals surface area contributed by atoms with Gasteiger partial charge < -0.3 is 14.8 Å². The molecule has 1 N–H and O–H groups in total. The summed E-state index contributed by atoms with van der Waals surface area (Å²) >= 11 is 6.43. The lowest BCUT2D eigenvalue weighted by molar-refractivity contribution is 0.294. The lowest BCUT2D eigenvalue weighted by Crippen LogP contribution is -2.26. The Kier molecular flexibility index (Phi) is 3.85. The topological polar surface area (TPSA) is 30.5 Å². The maximum Gasteiger partial charge on any atom is 0.166 e. The van der Waals surface area contributed by atoms with E-state index in [9.17, 15) is 0 Å². The van der Waals surface area contributed by atoms with Gasteiger partial charge >= 0.3 is 0 Å². The number of nitrogens with one attached hydrogen (secondary N) is 1. The van der Waals surface area contributed by atoms with Crippen LogP contribution in [0.15, 0.2) is 6.07 Å². The summed E-state index contributed by atoms with van der Waals surface area (Å²) in [4.78, 5) is 0. The monoisotopic (exact) mass is 281 g/mol. The van der Waals surface area contributed by atoms with E-state index in [-0.39, 0.29) is 0 Å². The van der Waals surface area contributed by atoms with Crippen molar-refractivity contribution in [2.45, 2.75) is 38.6 Å². The molecule has 4 heteroatoms. The number of rotatable bonds is 2. The maximum atomic E-state index is 6.43. The van der Waals surface area contributed by atoms with Crippen LogP contribution in [0.25, 0.3) is 0 Å². The Morgan fingerprint density at radius 3 is 3.00 bits per heavy atom.